The second-order valence-electron chi connectivity index (χ2n) is 3.84. The summed E-state index contributed by atoms with van der Waals surface area (Å²) >= 11 is 0. The molecule has 1 rings (SSSR count). The molecule has 0 bridgehead atoms. The molecule has 0 fully saturated rings. The Kier molecular flexibility index (Phi) is 5.91. The van der Waals surface area contributed by atoms with E-state index >= 15 is 0 Å². The van der Waals surface area contributed by atoms with E-state index in [2.05, 4.69) is 10.0 Å². The van der Waals surface area contributed by atoms with E-state index in [1.807, 2.05) is 6.92 Å². The second-order valence-corrected chi connectivity index (χ2v) is 5.69. The summed E-state index contributed by atoms with van der Waals surface area (Å²) in [5.74, 6) is 1.06. The quantitative estimate of drug-likeness (QED) is 0.699. The Bertz CT molecular complexity index is 502. The minimum atomic E-state index is -3.36. The van der Waals surface area contributed by atoms with Crippen LogP contribution in [0.4, 0.5) is 5.69 Å². The van der Waals surface area contributed by atoms with Crippen LogP contribution in [0.15, 0.2) is 18.2 Å². The van der Waals surface area contributed by atoms with E-state index in [9.17, 15) is 8.42 Å². The fourth-order valence-corrected chi connectivity index (χ4v) is 2.51. The van der Waals surface area contributed by atoms with Gasteiger partial charge in [0, 0.05) is 12.6 Å². The predicted octanol–water partition coefficient (Wildman–Crippen LogP) is 1.05. The van der Waals surface area contributed by atoms with Crippen LogP contribution < -0.4 is 19.5 Å². The largest absolute Gasteiger partial charge is 0.493 e. The Hall–Kier alpha value is -1.47. The highest BCUT2D eigenvalue weighted by molar-refractivity contribution is 7.92. The van der Waals surface area contributed by atoms with E-state index in [0.717, 1.165) is 6.54 Å². The highest BCUT2D eigenvalue weighted by Gasteiger charge is 2.12. The summed E-state index contributed by atoms with van der Waals surface area (Å²) in [6.07, 6.45) is 0. The number of ether oxygens (including phenoxy) is 2. The van der Waals surface area contributed by atoms with Crippen LogP contribution in [0, 0.1) is 0 Å². The molecule has 108 valence electrons. The molecular weight excluding hydrogens is 268 g/mol. The van der Waals surface area contributed by atoms with Crippen LogP contribution in [0.1, 0.15) is 6.92 Å². The molecule has 0 amide bonds. The van der Waals surface area contributed by atoms with Gasteiger partial charge in [0.2, 0.25) is 10.0 Å². The molecule has 6 nitrogen and oxygen atoms in total. The third-order valence-electron chi connectivity index (χ3n) is 2.45. The standard InChI is InChI=1S/C12H20N2O4S/c1-4-13-7-8-19(15,16)14-10-5-6-11(17-2)12(9-10)18-3/h5-6,9,13-14H,4,7-8H2,1-3H3. The van der Waals surface area contributed by atoms with Crippen molar-refractivity contribution in [3.05, 3.63) is 18.2 Å². The number of methoxy groups -OCH3 is 2. The van der Waals surface area contributed by atoms with E-state index in [1.54, 1.807) is 18.2 Å². The molecule has 2 N–H and O–H groups in total. The molecule has 0 radical (unpaired) electrons. The van der Waals surface area contributed by atoms with Gasteiger partial charge >= 0.3 is 0 Å². The van der Waals surface area contributed by atoms with E-state index in [4.69, 9.17) is 9.47 Å². The first-order valence-electron chi connectivity index (χ1n) is 5.95. The van der Waals surface area contributed by atoms with Gasteiger partial charge in [-0.1, -0.05) is 6.92 Å². The van der Waals surface area contributed by atoms with Gasteiger partial charge in [-0.2, -0.15) is 0 Å². The van der Waals surface area contributed by atoms with Crippen LogP contribution in [0.5, 0.6) is 11.5 Å². The summed E-state index contributed by atoms with van der Waals surface area (Å²) in [5.41, 5.74) is 0.453. The van der Waals surface area contributed by atoms with E-state index < -0.39 is 10.0 Å². The smallest absolute Gasteiger partial charge is 0.233 e. The number of sulfonamides is 1. The Morgan fingerprint density at radius 3 is 2.42 bits per heavy atom. The molecule has 0 saturated carbocycles. The molecule has 0 aliphatic carbocycles. The lowest BCUT2D eigenvalue weighted by molar-refractivity contribution is 0.355. The van der Waals surface area contributed by atoms with Gasteiger partial charge < -0.3 is 14.8 Å². The Balaban J connectivity index is 2.76. The van der Waals surface area contributed by atoms with Crippen LogP contribution in [0.25, 0.3) is 0 Å². The van der Waals surface area contributed by atoms with E-state index in [0.29, 0.717) is 23.7 Å². The number of hydrogen-bond donors (Lipinski definition) is 2. The van der Waals surface area contributed by atoms with Crippen molar-refractivity contribution in [1.29, 1.82) is 0 Å². The summed E-state index contributed by atoms with van der Waals surface area (Å²) in [6.45, 7) is 3.08. The maximum atomic E-state index is 11.8. The summed E-state index contributed by atoms with van der Waals surface area (Å²) in [6, 6.07) is 4.87. The zero-order valence-electron chi connectivity index (χ0n) is 11.4. The molecule has 0 heterocycles. The first-order valence-corrected chi connectivity index (χ1v) is 7.61. The van der Waals surface area contributed by atoms with Crippen LogP contribution in [-0.2, 0) is 10.0 Å². The molecular formula is C12H20N2O4S. The zero-order valence-corrected chi connectivity index (χ0v) is 12.2. The minimum absolute atomic E-state index is 0.0230. The normalized spacial score (nSPS) is 11.1. The third-order valence-corrected chi connectivity index (χ3v) is 3.74. The van der Waals surface area contributed by atoms with Gasteiger partial charge in [-0.25, -0.2) is 8.42 Å². The third kappa shape index (κ3) is 4.96. The van der Waals surface area contributed by atoms with Crippen LogP contribution in [-0.4, -0.2) is 41.5 Å². The fourth-order valence-electron chi connectivity index (χ4n) is 1.51. The van der Waals surface area contributed by atoms with Crippen molar-refractivity contribution >= 4 is 15.7 Å². The molecule has 0 saturated heterocycles. The summed E-state index contributed by atoms with van der Waals surface area (Å²) in [5, 5.41) is 2.97. The second kappa shape index (κ2) is 7.20. The Morgan fingerprint density at radius 2 is 1.84 bits per heavy atom. The first-order chi connectivity index (χ1) is 9.02. The average Bonchev–Trinajstić information content (AvgIpc) is 2.38. The van der Waals surface area contributed by atoms with E-state index in [1.165, 1.54) is 14.2 Å². The first kappa shape index (κ1) is 15.6. The molecule has 1 aromatic rings. The summed E-state index contributed by atoms with van der Waals surface area (Å²) < 4.78 is 36.3. The van der Waals surface area contributed by atoms with Gasteiger partial charge in [-0.05, 0) is 18.7 Å². The van der Waals surface area contributed by atoms with Gasteiger partial charge in [0.1, 0.15) is 0 Å². The molecule has 0 aromatic heterocycles. The highest BCUT2D eigenvalue weighted by atomic mass is 32.2. The number of nitrogens with one attached hydrogen (secondary N) is 2. The number of benzene rings is 1. The lowest BCUT2D eigenvalue weighted by Gasteiger charge is -2.11. The molecule has 0 spiro atoms. The molecule has 0 atom stereocenters. The lowest BCUT2D eigenvalue weighted by atomic mass is 10.3. The molecule has 0 unspecified atom stereocenters. The van der Waals surface area contributed by atoms with Crippen molar-refractivity contribution in [1.82, 2.24) is 5.32 Å². The molecule has 0 aliphatic rings. The molecule has 19 heavy (non-hydrogen) atoms. The van der Waals surface area contributed by atoms with Crippen LogP contribution >= 0.6 is 0 Å². The highest BCUT2D eigenvalue weighted by Crippen LogP contribution is 2.30. The van der Waals surface area contributed by atoms with Gasteiger partial charge in [0.15, 0.2) is 11.5 Å². The minimum Gasteiger partial charge on any atom is -0.493 e. The Labute approximate surface area is 114 Å². The van der Waals surface area contributed by atoms with Crippen molar-refractivity contribution in [3.8, 4) is 11.5 Å². The van der Waals surface area contributed by atoms with E-state index in [-0.39, 0.29) is 5.75 Å². The van der Waals surface area contributed by atoms with Gasteiger partial charge in [-0.15, -0.1) is 0 Å². The molecule has 0 aliphatic heterocycles. The van der Waals surface area contributed by atoms with Gasteiger partial charge in [-0.3, -0.25) is 4.72 Å². The summed E-state index contributed by atoms with van der Waals surface area (Å²) in [4.78, 5) is 0. The fraction of sp³-hybridized carbons (Fsp3) is 0.500. The maximum Gasteiger partial charge on any atom is 0.233 e. The van der Waals surface area contributed by atoms with Crippen molar-refractivity contribution < 1.29 is 17.9 Å². The van der Waals surface area contributed by atoms with Crippen LogP contribution in [0.3, 0.4) is 0 Å². The molecule has 1 aromatic carbocycles. The SMILES string of the molecule is CCNCCS(=O)(=O)Nc1ccc(OC)c(OC)c1. The number of rotatable bonds is 8. The summed E-state index contributed by atoms with van der Waals surface area (Å²) in [7, 11) is -0.333. The maximum absolute atomic E-state index is 11.8. The van der Waals surface area contributed by atoms with Crippen molar-refractivity contribution in [3.63, 3.8) is 0 Å². The molecule has 7 heteroatoms. The van der Waals surface area contributed by atoms with Gasteiger partial charge in [0.25, 0.3) is 0 Å². The lowest BCUT2D eigenvalue weighted by Crippen LogP contribution is -2.26. The van der Waals surface area contributed by atoms with Crippen LogP contribution in [0.2, 0.25) is 0 Å². The van der Waals surface area contributed by atoms with Gasteiger partial charge in [0.05, 0.1) is 25.7 Å². The Morgan fingerprint density at radius 1 is 1.16 bits per heavy atom. The monoisotopic (exact) mass is 288 g/mol. The van der Waals surface area contributed by atoms with Crippen molar-refractivity contribution in [2.24, 2.45) is 0 Å². The van der Waals surface area contributed by atoms with Crippen molar-refractivity contribution in [2.45, 2.75) is 6.92 Å². The number of hydrogen-bond acceptors (Lipinski definition) is 5. The topological polar surface area (TPSA) is 76.7 Å². The van der Waals surface area contributed by atoms with Crippen molar-refractivity contribution in [2.75, 3.05) is 37.8 Å². The average molecular weight is 288 g/mol. The zero-order chi connectivity index (χ0) is 14.3. The predicted molar refractivity (Wildman–Crippen MR) is 75.5 cm³/mol. The number of anilines is 1.